The van der Waals surface area contributed by atoms with E-state index >= 15 is 0 Å². The number of hydrogen-bond acceptors (Lipinski definition) is 0. The van der Waals surface area contributed by atoms with Crippen LogP contribution in [0, 0.1) is 5.92 Å². The molecule has 0 aromatic heterocycles. The van der Waals surface area contributed by atoms with Crippen molar-refractivity contribution in [3.63, 3.8) is 0 Å². The van der Waals surface area contributed by atoms with Gasteiger partial charge in [-0.3, -0.25) is 0 Å². The van der Waals surface area contributed by atoms with E-state index in [1.807, 2.05) is 0 Å². The number of allylic oxidation sites excluding steroid dienone is 8. The van der Waals surface area contributed by atoms with Crippen LogP contribution in [0.4, 0.5) is 0 Å². The zero-order chi connectivity index (χ0) is 15.0. The summed E-state index contributed by atoms with van der Waals surface area (Å²) < 4.78 is 0. The van der Waals surface area contributed by atoms with Crippen molar-refractivity contribution in [2.75, 3.05) is 0 Å². The van der Waals surface area contributed by atoms with Gasteiger partial charge in [0, 0.05) is 0 Å². The SMILES string of the molecule is C/C1=C(C)/C(C)=C(/C(C)C)CCC/C=C\CC/C=C\C1. The summed E-state index contributed by atoms with van der Waals surface area (Å²) in [4.78, 5) is 0. The Labute approximate surface area is 126 Å². The van der Waals surface area contributed by atoms with Crippen molar-refractivity contribution in [1.82, 2.24) is 0 Å². The third-order valence-corrected chi connectivity index (χ3v) is 4.46. The maximum atomic E-state index is 2.36. The van der Waals surface area contributed by atoms with Gasteiger partial charge in [-0.1, -0.05) is 49.3 Å². The summed E-state index contributed by atoms with van der Waals surface area (Å²) >= 11 is 0. The Bertz CT molecular complexity index is 413. The molecule has 0 heteroatoms. The molecule has 0 radical (unpaired) electrons. The molecule has 0 N–H and O–H groups in total. The minimum atomic E-state index is 0.658. The van der Waals surface area contributed by atoms with Crippen LogP contribution in [0.5, 0.6) is 0 Å². The van der Waals surface area contributed by atoms with Crippen molar-refractivity contribution in [3.8, 4) is 0 Å². The van der Waals surface area contributed by atoms with Crippen LogP contribution < -0.4 is 0 Å². The predicted molar refractivity (Wildman–Crippen MR) is 91.9 cm³/mol. The fourth-order valence-electron chi connectivity index (χ4n) is 2.84. The van der Waals surface area contributed by atoms with E-state index in [9.17, 15) is 0 Å². The van der Waals surface area contributed by atoms with Crippen LogP contribution in [-0.4, -0.2) is 0 Å². The molecule has 1 aliphatic rings. The Morgan fingerprint density at radius 3 is 2.05 bits per heavy atom. The summed E-state index contributed by atoms with van der Waals surface area (Å²) in [5.41, 5.74) is 6.21. The molecule has 1 rings (SSSR count). The standard InChI is InChI=1S/C20H32/c1-16(2)20-15-13-11-9-7-6-8-10-12-14-17(3)18(4)19(20)5/h7,9-10,12,16H,6,8,11,13-15H2,1-5H3/b9-7-,12-10-,18-17-,20-19+. The minimum Gasteiger partial charge on any atom is -0.0885 e. The van der Waals surface area contributed by atoms with E-state index in [0.717, 1.165) is 6.42 Å². The van der Waals surface area contributed by atoms with Gasteiger partial charge in [0.05, 0.1) is 0 Å². The zero-order valence-corrected chi connectivity index (χ0v) is 14.1. The second kappa shape index (κ2) is 9.00. The molecule has 0 fully saturated rings. The predicted octanol–water partition coefficient (Wildman–Crippen LogP) is 6.76. The summed E-state index contributed by atoms with van der Waals surface area (Å²) in [5, 5.41) is 0. The minimum absolute atomic E-state index is 0.658. The molecule has 112 valence electrons. The first-order valence-electron chi connectivity index (χ1n) is 8.20. The van der Waals surface area contributed by atoms with Gasteiger partial charge in [-0.05, 0) is 76.4 Å². The quantitative estimate of drug-likeness (QED) is 0.462. The summed E-state index contributed by atoms with van der Waals surface area (Å²) in [6.07, 6.45) is 16.6. The lowest BCUT2D eigenvalue weighted by atomic mass is 9.88. The molecule has 1 aliphatic carbocycles. The Kier molecular flexibility index (Phi) is 7.65. The normalized spacial score (nSPS) is 30.1. The summed E-state index contributed by atoms with van der Waals surface area (Å²) in [7, 11) is 0. The molecule has 0 amide bonds. The van der Waals surface area contributed by atoms with Crippen LogP contribution in [-0.2, 0) is 0 Å². The first-order chi connectivity index (χ1) is 9.54. The fraction of sp³-hybridized carbons (Fsp3) is 0.600. The van der Waals surface area contributed by atoms with Crippen LogP contribution >= 0.6 is 0 Å². The molecule has 20 heavy (non-hydrogen) atoms. The molecule has 0 bridgehead atoms. The average molecular weight is 272 g/mol. The highest BCUT2D eigenvalue weighted by Crippen LogP contribution is 2.28. The molecular weight excluding hydrogens is 240 g/mol. The molecule has 0 saturated heterocycles. The average Bonchev–Trinajstić information content (AvgIpc) is 2.41. The smallest absolute Gasteiger partial charge is 0.0136 e. The molecule has 0 aromatic carbocycles. The van der Waals surface area contributed by atoms with E-state index in [0.29, 0.717) is 5.92 Å². The second-order valence-corrected chi connectivity index (χ2v) is 6.33. The molecule has 0 aromatic rings. The zero-order valence-electron chi connectivity index (χ0n) is 14.1. The van der Waals surface area contributed by atoms with E-state index in [4.69, 9.17) is 0 Å². The highest BCUT2D eigenvalue weighted by molar-refractivity contribution is 5.37. The van der Waals surface area contributed by atoms with Crippen LogP contribution in [0.3, 0.4) is 0 Å². The molecular formula is C20H32. The first-order valence-corrected chi connectivity index (χ1v) is 8.20. The van der Waals surface area contributed by atoms with Crippen LogP contribution in [0.2, 0.25) is 0 Å². The second-order valence-electron chi connectivity index (χ2n) is 6.33. The van der Waals surface area contributed by atoms with Gasteiger partial charge in [0.2, 0.25) is 0 Å². The lowest BCUT2D eigenvalue weighted by molar-refractivity contribution is 0.675. The fourth-order valence-corrected chi connectivity index (χ4v) is 2.84. The third-order valence-electron chi connectivity index (χ3n) is 4.46. The van der Waals surface area contributed by atoms with E-state index in [-0.39, 0.29) is 0 Å². The molecule has 0 unspecified atom stereocenters. The summed E-state index contributed by atoms with van der Waals surface area (Å²) in [5.74, 6) is 0.658. The van der Waals surface area contributed by atoms with Crippen LogP contribution in [0.25, 0.3) is 0 Å². The number of hydrogen-bond donors (Lipinski definition) is 0. The Morgan fingerprint density at radius 1 is 0.800 bits per heavy atom. The molecule has 0 saturated carbocycles. The Balaban J connectivity index is 3.03. The highest BCUT2D eigenvalue weighted by Gasteiger charge is 2.10. The van der Waals surface area contributed by atoms with Gasteiger partial charge >= 0.3 is 0 Å². The van der Waals surface area contributed by atoms with E-state index < -0.39 is 0 Å². The topological polar surface area (TPSA) is 0 Å². The van der Waals surface area contributed by atoms with Crippen molar-refractivity contribution >= 4 is 0 Å². The van der Waals surface area contributed by atoms with Gasteiger partial charge in [-0.2, -0.15) is 0 Å². The molecule has 0 spiro atoms. The van der Waals surface area contributed by atoms with Gasteiger partial charge < -0.3 is 0 Å². The van der Waals surface area contributed by atoms with Gasteiger partial charge in [-0.25, -0.2) is 0 Å². The van der Waals surface area contributed by atoms with Crippen molar-refractivity contribution < 1.29 is 0 Å². The molecule has 0 nitrogen and oxygen atoms in total. The van der Waals surface area contributed by atoms with Gasteiger partial charge in [0.1, 0.15) is 0 Å². The van der Waals surface area contributed by atoms with E-state index in [2.05, 4.69) is 58.9 Å². The van der Waals surface area contributed by atoms with Crippen molar-refractivity contribution in [2.45, 2.75) is 73.1 Å². The van der Waals surface area contributed by atoms with Crippen LogP contribution in [0.15, 0.2) is 46.6 Å². The van der Waals surface area contributed by atoms with E-state index in [1.165, 1.54) is 48.8 Å². The molecule has 0 heterocycles. The Morgan fingerprint density at radius 2 is 1.40 bits per heavy atom. The maximum Gasteiger partial charge on any atom is -0.0136 e. The largest absolute Gasteiger partial charge is 0.0885 e. The van der Waals surface area contributed by atoms with Crippen molar-refractivity contribution in [3.05, 3.63) is 46.6 Å². The van der Waals surface area contributed by atoms with E-state index in [1.54, 1.807) is 5.57 Å². The lowest BCUT2D eigenvalue weighted by Gasteiger charge is -2.18. The monoisotopic (exact) mass is 272 g/mol. The third kappa shape index (κ3) is 5.53. The van der Waals surface area contributed by atoms with Gasteiger partial charge in [-0.15, -0.1) is 0 Å². The van der Waals surface area contributed by atoms with Crippen molar-refractivity contribution in [2.24, 2.45) is 5.92 Å². The summed E-state index contributed by atoms with van der Waals surface area (Å²) in [6, 6.07) is 0. The molecule has 0 atom stereocenters. The lowest BCUT2D eigenvalue weighted by Crippen LogP contribution is -2.01. The van der Waals surface area contributed by atoms with Crippen molar-refractivity contribution in [1.29, 1.82) is 0 Å². The van der Waals surface area contributed by atoms with Crippen LogP contribution in [0.1, 0.15) is 73.1 Å². The number of rotatable bonds is 1. The van der Waals surface area contributed by atoms with Gasteiger partial charge in [0.25, 0.3) is 0 Å². The summed E-state index contributed by atoms with van der Waals surface area (Å²) in [6.45, 7) is 11.6. The Hall–Kier alpha value is -1.04. The highest BCUT2D eigenvalue weighted by atomic mass is 14.2. The maximum absolute atomic E-state index is 2.36. The first kappa shape index (κ1) is 17.0. The van der Waals surface area contributed by atoms with Gasteiger partial charge in [0.15, 0.2) is 0 Å². The molecule has 0 aliphatic heterocycles.